The van der Waals surface area contributed by atoms with Crippen LogP contribution in [0.3, 0.4) is 0 Å². The molecule has 0 saturated heterocycles. The van der Waals surface area contributed by atoms with Gasteiger partial charge in [-0.1, -0.05) is 63.6 Å². The first-order chi connectivity index (χ1) is 12.8. The monoisotopic (exact) mass is 384 g/mol. The van der Waals surface area contributed by atoms with E-state index in [1.54, 1.807) is 45.9 Å². The second kappa shape index (κ2) is 7.57. The molecule has 4 nitrogen and oxygen atoms in total. The summed E-state index contributed by atoms with van der Waals surface area (Å²) in [5.74, 6) is -0.357. The number of halogens is 1. The van der Waals surface area contributed by atoms with Crippen molar-refractivity contribution in [1.82, 2.24) is 0 Å². The smallest absolute Gasteiger partial charge is 0.313 e. The number of carbonyl (C=O) groups is 2. The minimum Gasteiger partial charge on any atom is -0.425 e. The average Bonchev–Trinajstić information content (AvgIpc) is 2.63. The molecule has 0 heterocycles. The van der Waals surface area contributed by atoms with Crippen LogP contribution in [0.2, 0.25) is 5.02 Å². The molecule has 0 amide bonds. The van der Waals surface area contributed by atoms with Gasteiger partial charge in [0.25, 0.3) is 0 Å². The van der Waals surface area contributed by atoms with Crippen LogP contribution >= 0.6 is 11.6 Å². The molecule has 3 aromatic carbocycles. The normalized spacial score (nSPS) is 11.4. The lowest BCUT2D eigenvalue weighted by atomic mass is 10.00. The zero-order valence-corrected chi connectivity index (χ0v) is 16.5. The summed E-state index contributed by atoms with van der Waals surface area (Å²) in [6, 6.07) is 12.6. The minimum absolute atomic E-state index is 0.274. The lowest BCUT2D eigenvalue weighted by Gasteiger charge is -2.17. The van der Waals surface area contributed by atoms with Gasteiger partial charge in [-0.15, -0.1) is 0 Å². The van der Waals surface area contributed by atoms with Gasteiger partial charge in [-0.2, -0.15) is 0 Å². The van der Waals surface area contributed by atoms with Crippen molar-refractivity contribution in [3.05, 3.63) is 47.5 Å². The molecule has 0 fully saturated rings. The maximum atomic E-state index is 12.3. The summed E-state index contributed by atoms with van der Waals surface area (Å²) in [7, 11) is 0. The average molecular weight is 385 g/mol. The topological polar surface area (TPSA) is 52.6 Å². The third-order valence-electron chi connectivity index (χ3n) is 4.24. The largest absolute Gasteiger partial charge is 0.425 e. The van der Waals surface area contributed by atoms with Gasteiger partial charge in [0.15, 0.2) is 0 Å². The fraction of sp³-hybridized carbons (Fsp3) is 0.273. The third kappa shape index (κ3) is 3.76. The number of rotatable bonds is 4. The number of hydrogen-bond acceptors (Lipinski definition) is 4. The van der Waals surface area contributed by atoms with E-state index in [4.69, 9.17) is 21.1 Å². The van der Waals surface area contributed by atoms with E-state index in [0.29, 0.717) is 38.1 Å². The van der Waals surface area contributed by atoms with E-state index < -0.39 is 0 Å². The van der Waals surface area contributed by atoms with Gasteiger partial charge in [-0.3, -0.25) is 9.59 Å². The van der Waals surface area contributed by atoms with Gasteiger partial charge in [0.1, 0.15) is 11.5 Å². The van der Waals surface area contributed by atoms with Crippen molar-refractivity contribution in [2.24, 2.45) is 11.8 Å². The van der Waals surface area contributed by atoms with Gasteiger partial charge in [-0.25, -0.2) is 0 Å². The summed E-state index contributed by atoms with van der Waals surface area (Å²) in [6.45, 7) is 7.11. The molecule has 0 aliphatic carbocycles. The lowest BCUT2D eigenvalue weighted by molar-refractivity contribution is -0.138. The molecule has 0 aromatic heterocycles. The molecule has 5 heteroatoms. The highest BCUT2D eigenvalue weighted by Crippen LogP contribution is 2.44. The van der Waals surface area contributed by atoms with Gasteiger partial charge < -0.3 is 9.47 Å². The van der Waals surface area contributed by atoms with Crippen LogP contribution in [0.5, 0.6) is 11.5 Å². The van der Waals surface area contributed by atoms with Crippen LogP contribution < -0.4 is 9.47 Å². The van der Waals surface area contributed by atoms with E-state index in [1.165, 1.54) is 0 Å². The van der Waals surface area contributed by atoms with Crippen LogP contribution in [0.25, 0.3) is 21.5 Å². The summed E-state index contributed by atoms with van der Waals surface area (Å²) in [4.78, 5) is 24.6. The Bertz CT molecular complexity index is 1040. The second-order valence-electron chi connectivity index (χ2n) is 7.05. The Morgan fingerprint density at radius 2 is 1.19 bits per heavy atom. The van der Waals surface area contributed by atoms with Crippen LogP contribution in [-0.2, 0) is 9.59 Å². The van der Waals surface area contributed by atoms with E-state index >= 15 is 0 Å². The van der Waals surface area contributed by atoms with Crippen molar-refractivity contribution in [1.29, 1.82) is 0 Å². The first-order valence-electron chi connectivity index (χ1n) is 8.87. The van der Waals surface area contributed by atoms with Gasteiger partial charge >= 0.3 is 11.9 Å². The standard InChI is InChI=1S/C22H21ClO4/c1-12(2)21(24)26-19-15-7-5-6-8-16(15)20(27-22(25)13(3)4)18-11-14(23)9-10-17(18)19/h5-13H,1-4H3. The number of hydrogen-bond donors (Lipinski definition) is 0. The highest BCUT2D eigenvalue weighted by molar-refractivity contribution is 6.31. The highest BCUT2D eigenvalue weighted by atomic mass is 35.5. The lowest BCUT2D eigenvalue weighted by Crippen LogP contribution is -2.16. The van der Waals surface area contributed by atoms with Crippen molar-refractivity contribution in [3.8, 4) is 11.5 Å². The maximum absolute atomic E-state index is 12.3. The van der Waals surface area contributed by atoms with Crippen LogP contribution in [0, 0.1) is 11.8 Å². The molecule has 140 valence electrons. The molecule has 0 atom stereocenters. The molecular formula is C22H21ClO4. The van der Waals surface area contributed by atoms with Crippen molar-refractivity contribution < 1.29 is 19.1 Å². The summed E-state index contributed by atoms with van der Waals surface area (Å²) >= 11 is 6.20. The summed E-state index contributed by atoms with van der Waals surface area (Å²) in [5, 5.41) is 3.18. The van der Waals surface area contributed by atoms with Gasteiger partial charge in [0, 0.05) is 26.6 Å². The summed E-state index contributed by atoms with van der Waals surface area (Å²) in [5.41, 5.74) is 0. The molecular weight excluding hydrogens is 364 g/mol. The zero-order valence-electron chi connectivity index (χ0n) is 15.7. The SMILES string of the molecule is CC(C)C(=O)Oc1c2ccccc2c(OC(=O)C(C)C)c2cc(Cl)ccc12. The van der Waals surface area contributed by atoms with Gasteiger partial charge in [0.05, 0.1) is 11.8 Å². The fourth-order valence-corrected chi connectivity index (χ4v) is 2.90. The number of benzene rings is 3. The number of esters is 2. The molecule has 0 spiro atoms. The molecule has 27 heavy (non-hydrogen) atoms. The molecule has 0 bridgehead atoms. The fourth-order valence-electron chi connectivity index (χ4n) is 2.73. The van der Waals surface area contributed by atoms with E-state index in [0.717, 1.165) is 0 Å². The number of fused-ring (bicyclic) bond motifs is 2. The Kier molecular flexibility index (Phi) is 5.38. The van der Waals surface area contributed by atoms with E-state index in [2.05, 4.69) is 0 Å². The van der Waals surface area contributed by atoms with Crippen molar-refractivity contribution in [2.75, 3.05) is 0 Å². The molecule has 3 rings (SSSR count). The van der Waals surface area contributed by atoms with Crippen LogP contribution in [0.1, 0.15) is 27.7 Å². The van der Waals surface area contributed by atoms with Crippen molar-refractivity contribution >= 4 is 45.1 Å². The van der Waals surface area contributed by atoms with Crippen LogP contribution in [-0.4, -0.2) is 11.9 Å². The van der Waals surface area contributed by atoms with Crippen LogP contribution in [0.15, 0.2) is 42.5 Å². The second-order valence-corrected chi connectivity index (χ2v) is 7.48. The first kappa shape index (κ1) is 19.2. The number of ether oxygens (including phenoxy) is 2. The summed E-state index contributed by atoms with van der Waals surface area (Å²) in [6.07, 6.45) is 0. The predicted octanol–water partition coefficient (Wildman–Crippen LogP) is 5.77. The van der Waals surface area contributed by atoms with Gasteiger partial charge in [-0.05, 0) is 18.2 Å². The van der Waals surface area contributed by atoms with Crippen molar-refractivity contribution in [3.63, 3.8) is 0 Å². The Morgan fingerprint density at radius 3 is 1.67 bits per heavy atom. The molecule has 0 saturated carbocycles. The Labute approximate surface area is 163 Å². The molecule has 0 aliphatic rings. The van der Waals surface area contributed by atoms with E-state index in [-0.39, 0.29) is 23.8 Å². The Morgan fingerprint density at radius 1 is 0.741 bits per heavy atom. The minimum atomic E-state index is -0.339. The van der Waals surface area contributed by atoms with E-state index in [1.807, 2.05) is 24.3 Å². The maximum Gasteiger partial charge on any atom is 0.313 e. The first-order valence-corrected chi connectivity index (χ1v) is 9.24. The summed E-state index contributed by atoms with van der Waals surface area (Å²) < 4.78 is 11.5. The highest BCUT2D eigenvalue weighted by Gasteiger charge is 2.22. The van der Waals surface area contributed by atoms with Gasteiger partial charge in [0.2, 0.25) is 0 Å². The zero-order chi connectivity index (χ0) is 19.7. The third-order valence-corrected chi connectivity index (χ3v) is 4.47. The van der Waals surface area contributed by atoms with Crippen molar-refractivity contribution in [2.45, 2.75) is 27.7 Å². The quantitative estimate of drug-likeness (QED) is 0.325. The predicted molar refractivity (Wildman–Crippen MR) is 107 cm³/mol. The Hall–Kier alpha value is -2.59. The van der Waals surface area contributed by atoms with E-state index in [9.17, 15) is 9.59 Å². The molecule has 3 aromatic rings. The molecule has 0 N–H and O–H groups in total. The molecule has 0 radical (unpaired) electrons. The molecule has 0 unspecified atom stereocenters. The van der Waals surface area contributed by atoms with Crippen LogP contribution in [0.4, 0.5) is 0 Å². The molecule has 0 aliphatic heterocycles. The number of carbonyl (C=O) groups excluding carboxylic acids is 2. The Balaban J connectivity index is 2.36.